The molecule has 0 bridgehead atoms. The van der Waals surface area contributed by atoms with Gasteiger partial charge < -0.3 is 10.4 Å². The molecule has 0 saturated heterocycles. The second-order valence-electron chi connectivity index (χ2n) is 5.82. The fraction of sp³-hybridized carbons (Fsp3) is 0.222. The van der Waals surface area contributed by atoms with Gasteiger partial charge in [0.2, 0.25) is 0 Å². The predicted octanol–water partition coefficient (Wildman–Crippen LogP) is 2.39. The lowest BCUT2D eigenvalue weighted by molar-refractivity contribution is 0.200. The molecule has 0 fully saturated rings. The van der Waals surface area contributed by atoms with Gasteiger partial charge >= 0.3 is 0 Å². The summed E-state index contributed by atoms with van der Waals surface area (Å²) in [5, 5.41) is 17.7. The first-order chi connectivity index (χ1) is 11.8. The minimum Gasteiger partial charge on any atom is -0.394 e. The lowest BCUT2D eigenvalue weighted by Gasteiger charge is -2.24. The first-order valence-electron chi connectivity index (χ1n) is 7.87. The number of hydrogen-bond donors (Lipinski definition) is 2. The molecule has 1 aliphatic rings. The number of halogens is 1. The zero-order chi connectivity index (χ0) is 16.5. The fourth-order valence-corrected chi connectivity index (χ4v) is 3.16. The molecule has 0 aliphatic carbocycles. The number of rotatable bonds is 3. The first-order valence-corrected chi connectivity index (χ1v) is 7.87. The zero-order valence-corrected chi connectivity index (χ0v) is 13.0. The molecule has 1 aliphatic heterocycles. The number of hydrogen-bond acceptors (Lipinski definition) is 4. The molecule has 0 unspecified atom stereocenters. The van der Waals surface area contributed by atoms with Crippen LogP contribution in [0.4, 0.5) is 4.39 Å². The van der Waals surface area contributed by atoms with Gasteiger partial charge in [0, 0.05) is 36.6 Å². The Balaban J connectivity index is 1.95. The van der Waals surface area contributed by atoms with E-state index >= 15 is 0 Å². The number of fused-ring (bicyclic) bond motifs is 1. The Kier molecular flexibility index (Phi) is 3.84. The smallest absolute Gasteiger partial charge is 0.123 e. The van der Waals surface area contributed by atoms with Gasteiger partial charge in [0.25, 0.3) is 0 Å². The number of nitrogens with zero attached hydrogens (tertiary/aromatic N) is 3. The lowest BCUT2D eigenvalue weighted by Crippen LogP contribution is -2.35. The number of aliphatic hydroxyl groups is 1. The topological polar surface area (TPSA) is 63.0 Å². The molecule has 0 spiro atoms. The van der Waals surface area contributed by atoms with E-state index in [9.17, 15) is 9.50 Å². The molecule has 1 atom stereocenters. The summed E-state index contributed by atoms with van der Waals surface area (Å²) in [6.07, 6.45) is 3.49. The van der Waals surface area contributed by atoms with Crippen molar-refractivity contribution in [2.45, 2.75) is 12.6 Å². The molecule has 6 heteroatoms. The van der Waals surface area contributed by atoms with Crippen molar-refractivity contribution in [1.29, 1.82) is 0 Å². The van der Waals surface area contributed by atoms with Crippen LogP contribution in [0.15, 0.2) is 48.8 Å². The van der Waals surface area contributed by atoms with Gasteiger partial charge in [-0.1, -0.05) is 0 Å². The summed E-state index contributed by atoms with van der Waals surface area (Å²) in [4.78, 5) is 4.08. The van der Waals surface area contributed by atoms with Gasteiger partial charge in [-0.05, 0) is 42.0 Å². The molecule has 0 radical (unpaired) electrons. The fourth-order valence-electron chi connectivity index (χ4n) is 3.16. The minimum absolute atomic E-state index is 0.0142. The van der Waals surface area contributed by atoms with Crippen LogP contribution >= 0.6 is 0 Å². The van der Waals surface area contributed by atoms with E-state index in [1.54, 1.807) is 24.5 Å². The Morgan fingerprint density at radius 1 is 1.12 bits per heavy atom. The summed E-state index contributed by atoms with van der Waals surface area (Å²) >= 11 is 0. The molecule has 0 saturated carbocycles. The first kappa shape index (κ1) is 15.0. The van der Waals surface area contributed by atoms with Crippen molar-refractivity contribution in [3.8, 4) is 22.4 Å². The Morgan fingerprint density at radius 3 is 2.58 bits per heavy atom. The predicted molar refractivity (Wildman–Crippen MR) is 88.7 cm³/mol. The highest BCUT2D eigenvalue weighted by Crippen LogP contribution is 2.36. The van der Waals surface area contributed by atoms with Gasteiger partial charge in [-0.3, -0.25) is 9.67 Å². The van der Waals surface area contributed by atoms with Crippen molar-refractivity contribution in [2.75, 3.05) is 13.2 Å². The van der Waals surface area contributed by atoms with Gasteiger partial charge in [-0.2, -0.15) is 5.10 Å². The quantitative estimate of drug-likeness (QED) is 0.776. The Hall–Kier alpha value is -2.57. The number of aromatic nitrogens is 3. The SMILES string of the molecule is OC[C@H]1CNCc2c(-c3ccncc3)c(-c3ccc(F)cc3)nn21. The second kappa shape index (κ2) is 6.14. The highest BCUT2D eigenvalue weighted by molar-refractivity contribution is 5.82. The third kappa shape index (κ3) is 2.50. The Bertz CT molecular complexity index is 845. The maximum absolute atomic E-state index is 13.3. The summed E-state index contributed by atoms with van der Waals surface area (Å²) in [5.74, 6) is -0.275. The van der Waals surface area contributed by atoms with E-state index in [4.69, 9.17) is 5.10 Å². The third-order valence-corrected chi connectivity index (χ3v) is 4.33. The van der Waals surface area contributed by atoms with Crippen LogP contribution in [-0.4, -0.2) is 33.0 Å². The molecule has 0 amide bonds. The van der Waals surface area contributed by atoms with Gasteiger partial charge in [0.1, 0.15) is 11.5 Å². The van der Waals surface area contributed by atoms with Crippen molar-refractivity contribution in [3.63, 3.8) is 0 Å². The Labute approximate surface area is 138 Å². The molecule has 122 valence electrons. The monoisotopic (exact) mass is 324 g/mol. The van der Waals surface area contributed by atoms with Gasteiger partial charge in [-0.25, -0.2) is 4.39 Å². The number of aliphatic hydroxyl groups excluding tert-OH is 1. The average molecular weight is 324 g/mol. The number of nitrogens with one attached hydrogen (secondary N) is 1. The van der Waals surface area contributed by atoms with Crippen LogP contribution in [0.3, 0.4) is 0 Å². The van der Waals surface area contributed by atoms with Crippen LogP contribution < -0.4 is 5.32 Å². The summed E-state index contributed by atoms with van der Waals surface area (Å²) in [6.45, 7) is 1.35. The minimum atomic E-state index is -0.275. The highest BCUT2D eigenvalue weighted by Gasteiger charge is 2.27. The maximum atomic E-state index is 13.3. The maximum Gasteiger partial charge on any atom is 0.123 e. The zero-order valence-electron chi connectivity index (χ0n) is 13.0. The van der Waals surface area contributed by atoms with Gasteiger partial charge in [0.05, 0.1) is 18.3 Å². The van der Waals surface area contributed by atoms with Crippen molar-refractivity contribution >= 4 is 0 Å². The molecule has 1 aromatic carbocycles. The van der Waals surface area contributed by atoms with Crippen molar-refractivity contribution < 1.29 is 9.50 Å². The lowest BCUT2D eigenvalue weighted by atomic mass is 9.99. The molecule has 4 rings (SSSR count). The molecular weight excluding hydrogens is 307 g/mol. The van der Waals surface area contributed by atoms with Crippen LogP contribution in [0, 0.1) is 5.82 Å². The summed E-state index contributed by atoms with van der Waals surface area (Å²) < 4.78 is 15.2. The van der Waals surface area contributed by atoms with Crippen LogP contribution in [0.5, 0.6) is 0 Å². The van der Waals surface area contributed by atoms with Gasteiger partial charge in [-0.15, -0.1) is 0 Å². The van der Waals surface area contributed by atoms with Crippen LogP contribution in [0.2, 0.25) is 0 Å². The molecule has 2 N–H and O–H groups in total. The summed E-state index contributed by atoms with van der Waals surface area (Å²) in [5.41, 5.74) is 4.66. The van der Waals surface area contributed by atoms with E-state index in [0.717, 1.165) is 28.1 Å². The molecule has 24 heavy (non-hydrogen) atoms. The van der Waals surface area contributed by atoms with Crippen LogP contribution in [0.25, 0.3) is 22.4 Å². The van der Waals surface area contributed by atoms with Crippen molar-refractivity contribution in [3.05, 3.63) is 60.3 Å². The number of benzene rings is 1. The van der Waals surface area contributed by atoms with E-state index in [1.165, 1.54) is 12.1 Å². The summed E-state index contributed by atoms with van der Waals surface area (Å²) in [6, 6.07) is 10.1. The molecule has 3 heterocycles. The average Bonchev–Trinajstić information content (AvgIpc) is 3.02. The second-order valence-corrected chi connectivity index (χ2v) is 5.82. The van der Waals surface area contributed by atoms with Crippen LogP contribution in [-0.2, 0) is 6.54 Å². The van der Waals surface area contributed by atoms with E-state index in [-0.39, 0.29) is 18.5 Å². The van der Waals surface area contributed by atoms with E-state index in [0.29, 0.717) is 13.1 Å². The van der Waals surface area contributed by atoms with Crippen molar-refractivity contribution in [2.24, 2.45) is 0 Å². The molecule has 5 nitrogen and oxygen atoms in total. The van der Waals surface area contributed by atoms with E-state index < -0.39 is 0 Å². The largest absolute Gasteiger partial charge is 0.394 e. The van der Waals surface area contributed by atoms with Crippen molar-refractivity contribution in [1.82, 2.24) is 20.1 Å². The summed E-state index contributed by atoms with van der Waals surface area (Å²) in [7, 11) is 0. The van der Waals surface area contributed by atoms with E-state index in [2.05, 4.69) is 10.3 Å². The van der Waals surface area contributed by atoms with Crippen LogP contribution in [0.1, 0.15) is 11.7 Å². The third-order valence-electron chi connectivity index (χ3n) is 4.33. The number of pyridine rings is 1. The normalized spacial score (nSPS) is 16.8. The standard InChI is InChI=1S/C18H17FN4O/c19-14-3-1-13(2-4-14)18-17(12-5-7-20-8-6-12)16-10-21-9-15(11-24)23(16)22-18/h1-8,15,21,24H,9-11H2/t15-/m1/s1. The molecular formula is C18H17FN4O. The van der Waals surface area contributed by atoms with Gasteiger partial charge in [0.15, 0.2) is 0 Å². The Morgan fingerprint density at radius 2 is 1.88 bits per heavy atom. The highest BCUT2D eigenvalue weighted by atomic mass is 19.1. The molecule has 2 aromatic heterocycles. The van der Waals surface area contributed by atoms with E-state index in [1.807, 2.05) is 16.8 Å². The molecule has 3 aromatic rings.